The molecule has 34 atom stereocenters. The van der Waals surface area contributed by atoms with Gasteiger partial charge in [0.15, 0.2) is 12.7 Å². The van der Waals surface area contributed by atoms with Gasteiger partial charge in [0.2, 0.25) is 6.35 Å². The predicted molar refractivity (Wildman–Crippen MR) is 459 cm³/mol. The van der Waals surface area contributed by atoms with Gasteiger partial charge in [-0.25, -0.2) is 9.88 Å². The second-order valence-electron chi connectivity index (χ2n) is 31.1. The summed E-state index contributed by atoms with van der Waals surface area (Å²) in [5, 5.41) is 88.0. The molecule has 0 spiro atoms. The topological polar surface area (TPSA) is 718 Å². The van der Waals surface area contributed by atoms with Crippen LogP contribution in [0.15, 0.2) is 53.2 Å². The Kier molecular flexibility index (Phi) is 35.8. The lowest BCUT2D eigenvalue weighted by Gasteiger charge is -2.38. The van der Waals surface area contributed by atoms with E-state index in [0.29, 0.717) is 54.4 Å². The van der Waals surface area contributed by atoms with Crippen molar-refractivity contribution in [2.24, 2.45) is 46.2 Å². The third-order valence-corrected chi connectivity index (χ3v) is 31.8. The molecule has 0 saturated carbocycles. The minimum atomic E-state index is -4.18. The molecule has 33 N–H and O–H groups in total. The van der Waals surface area contributed by atoms with Gasteiger partial charge in [-0.05, 0) is 115 Å². The lowest BCUT2D eigenvalue weighted by molar-refractivity contribution is -0.175. The van der Waals surface area contributed by atoms with Gasteiger partial charge in [0.25, 0.3) is 5.91 Å². The van der Waals surface area contributed by atoms with Crippen molar-refractivity contribution in [2.45, 2.75) is 239 Å². The highest BCUT2D eigenvalue weighted by Gasteiger charge is 2.51. The van der Waals surface area contributed by atoms with Crippen molar-refractivity contribution >= 4 is 123 Å². The molecule has 7 saturated heterocycles. The van der Waals surface area contributed by atoms with Gasteiger partial charge in [0, 0.05) is 88.7 Å². The molecule has 1 amide bonds. The molecule has 0 aliphatic carbocycles. The van der Waals surface area contributed by atoms with E-state index in [4.69, 9.17) is 188 Å². The van der Waals surface area contributed by atoms with Crippen molar-refractivity contribution in [1.82, 2.24) is 66.8 Å². The average Bonchev–Trinajstić information content (AvgIpc) is 1.64. The maximum Gasteiger partial charge on any atom is 0.324 e. The van der Waals surface area contributed by atoms with E-state index in [1.54, 1.807) is 30.1 Å². The monoisotopic (exact) mass is 2010 g/mol. The van der Waals surface area contributed by atoms with Gasteiger partial charge in [-0.15, -0.1) is 0 Å². The Bertz CT molecular complexity index is 4320. The number of amides is 1. The van der Waals surface area contributed by atoms with Gasteiger partial charge in [0.05, 0.1) is 119 Å². The van der Waals surface area contributed by atoms with E-state index in [9.17, 15) is 64.8 Å². The zero-order valence-corrected chi connectivity index (χ0v) is 78.2. The number of nitrogens with zero attached hydrogens (tertiary/aromatic N) is 5. The molecule has 7 fully saturated rings. The highest BCUT2D eigenvalue weighted by Crippen LogP contribution is 2.56. The molecule has 1 aromatic rings. The predicted octanol–water partition coefficient (Wildman–Crippen LogP) is -5.64. The van der Waals surface area contributed by atoms with E-state index in [1.807, 2.05) is 13.8 Å². The quantitative estimate of drug-likeness (QED) is 0.0279. The summed E-state index contributed by atoms with van der Waals surface area (Å²) in [5.74, 6) is 0.0408. The van der Waals surface area contributed by atoms with E-state index >= 15 is 0 Å². The van der Waals surface area contributed by atoms with Crippen LogP contribution in [0.4, 0.5) is 5.82 Å². The molecular weight excluding hydrogens is 1900 g/mol. The van der Waals surface area contributed by atoms with Crippen LogP contribution in [-0.4, -0.2) is 306 Å². The second-order valence-corrected chi connectivity index (χ2v) is 48.2. The van der Waals surface area contributed by atoms with Crippen molar-refractivity contribution in [3.05, 3.63) is 58.9 Å². The zero-order valence-electron chi connectivity index (χ0n) is 68.0. The maximum atomic E-state index is 12.0. The van der Waals surface area contributed by atoms with Gasteiger partial charge in [-0.1, -0.05) is 13.8 Å². The normalized spacial score (nSPS) is 39.5. The van der Waals surface area contributed by atoms with Crippen LogP contribution in [0.2, 0.25) is 0 Å². The number of nitrogens with two attached hydrogens (primary N) is 6. The number of carbonyl (C=O) groups excluding carboxylic acids is 1. The molecule has 16 unspecified atom stereocenters. The molecule has 13 heterocycles. The molecule has 13 rings (SSSR count). The smallest absolute Gasteiger partial charge is 0.324 e. The molecule has 714 valence electrons. The van der Waals surface area contributed by atoms with Gasteiger partial charge in [-0.3, -0.25) is 35.9 Å². The van der Waals surface area contributed by atoms with Crippen LogP contribution in [0.5, 0.6) is 0 Å². The minimum absolute atomic E-state index is 0.0355. The molecule has 63 heteroatoms. The number of imidazole rings is 1. The van der Waals surface area contributed by atoms with Gasteiger partial charge >= 0.3 is 40.3 Å². The SMILES string of the molecule is COP(O)(=S)OC[C@H]1O[C@@H](N2C=CC(N)NC2O)C[C@H]1OP(O)(=S)OC[C@H]1O[C@@H](n2cnc3c2NCNC3N)C[C@H]1OP(O)(=S)OC[C@H]1O[C@@H](N2C=C(C)C(=O)NC2O)C[C@H]1C.COP(O)(=S)OC[C@H]1O[C@@H](N2CCC(O)NC2O)C[C@H]1OP(O)(=S)OC[C@H]1O[C@@H](NC2=C(N)C(O)NC(N)C2)C[C@H]1OP(O)(=S)OC[C@H]1O[C@@H](NC2=C(N)C(O)NC(N)C2)C[C@H]1C. The lowest BCUT2D eigenvalue weighted by atomic mass is 10.0. The highest BCUT2D eigenvalue weighted by atomic mass is 32.5. The Morgan fingerprint density at radius 2 is 0.968 bits per heavy atom. The van der Waals surface area contributed by atoms with Crippen LogP contribution in [0.3, 0.4) is 0 Å². The Balaban J connectivity index is 0.000000228. The molecule has 0 aromatic carbocycles. The number of aliphatic hydroxyl groups is 6. The van der Waals surface area contributed by atoms with Crippen LogP contribution in [-0.2, 0) is 158 Å². The summed E-state index contributed by atoms with van der Waals surface area (Å²) in [6, 6.07) is 0. The van der Waals surface area contributed by atoms with Crippen molar-refractivity contribution in [3.63, 3.8) is 0 Å². The molecule has 12 aliphatic rings. The van der Waals surface area contributed by atoms with Crippen molar-refractivity contribution in [1.29, 1.82) is 0 Å². The number of carbonyl (C=O) groups is 1. The zero-order chi connectivity index (χ0) is 90.7. The van der Waals surface area contributed by atoms with Crippen molar-refractivity contribution in [3.8, 4) is 0 Å². The Hall–Kier alpha value is -1.46. The molecule has 125 heavy (non-hydrogen) atoms. The summed E-state index contributed by atoms with van der Waals surface area (Å²) in [7, 11) is 2.38. The molecular formula is C62H114N20O31P6S6. The van der Waals surface area contributed by atoms with Crippen LogP contribution >= 0.6 is 40.3 Å². The third kappa shape index (κ3) is 27.7. The maximum absolute atomic E-state index is 12.0. The lowest BCUT2D eigenvalue weighted by Crippen LogP contribution is -2.59. The fraction of sp³-hybridized carbons (Fsp3) is 0.806. The Morgan fingerprint density at radius 1 is 0.536 bits per heavy atom. The number of aliphatic hydroxyl groups excluding tert-OH is 6. The number of hydrogen-bond donors (Lipinski definition) is 27. The van der Waals surface area contributed by atoms with E-state index in [-0.39, 0.29) is 94.7 Å². The number of hydrogen-bond acceptors (Lipinski definition) is 49. The van der Waals surface area contributed by atoms with E-state index < -0.39 is 220 Å². The van der Waals surface area contributed by atoms with E-state index in [1.165, 1.54) is 35.1 Å². The molecule has 51 nitrogen and oxygen atoms in total. The Morgan fingerprint density at radius 3 is 1.49 bits per heavy atom. The van der Waals surface area contributed by atoms with E-state index in [2.05, 4.69) is 52.8 Å². The summed E-state index contributed by atoms with van der Waals surface area (Å²) >= 11 is 31.8. The molecule has 0 radical (unpaired) electrons. The van der Waals surface area contributed by atoms with Crippen LogP contribution in [0, 0.1) is 11.8 Å². The van der Waals surface area contributed by atoms with E-state index in [0.717, 1.165) is 0 Å². The largest absolute Gasteiger partial charge is 0.397 e. The summed E-state index contributed by atoms with van der Waals surface area (Å²) < 4.78 is 107. The van der Waals surface area contributed by atoms with Gasteiger partial charge in [0.1, 0.15) is 98.1 Å². The molecule has 0 bridgehead atoms. The number of ether oxygens (including phenoxy) is 6. The number of anilines is 1. The first-order valence-corrected chi connectivity index (χ1v) is 55.0. The van der Waals surface area contributed by atoms with Crippen LogP contribution in [0.1, 0.15) is 96.6 Å². The summed E-state index contributed by atoms with van der Waals surface area (Å²) in [4.78, 5) is 87.0. The first kappa shape index (κ1) is 102. The number of rotatable bonds is 36. The van der Waals surface area contributed by atoms with Gasteiger partial charge in [-0.2, -0.15) is 0 Å². The third-order valence-electron chi connectivity index (χ3n) is 22.0. The molecule has 12 aliphatic heterocycles. The summed E-state index contributed by atoms with van der Waals surface area (Å²) in [5.41, 5.74) is 38.5. The second kappa shape index (κ2) is 43.7. The number of aromatic nitrogens is 2. The van der Waals surface area contributed by atoms with Crippen molar-refractivity contribution in [2.75, 3.05) is 72.4 Å². The average molecular weight is 2010 g/mol. The van der Waals surface area contributed by atoms with Crippen molar-refractivity contribution < 1.29 is 148 Å². The fourth-order valence-corrected chi connectivity index (χ4v) is 22.5. The fourth-order valence-electron chi connectivity index (χ4n) is 15.4. The molecule has 1 aromatic heterocycles. The van der Waals surface area contributed by atoms with Gasteiger partial charge < -0.3 is 208 Å². The number of nitrogens with one attached hydrogen (secondary N) is 9. The summed E-state index contributed by atoms with van der Waals surface area (Å²) in [6.45, 7) is -19.5. The number of fused-ring (bicyclic) bond motifs is 1. The first-order valence-electron chi connectivity index (χ1n) is 39.5. The highest BCUT2D eigenvalue weighted by molar-refractivity contribution is 8.08. The summed E-state index contributed by atoms with van der Waals surface area (Å²) in [6.07, 6.45) is -14.6. The minimum Gasteiger partial charge on any atom is -0.397 e. The van der Waals surface area contributed by atoms with Crippen LogP contribution < -0.4 is 82.3 Å². The first-order chi connectivity index (χ1) is 58.7. The Labute approximate surface area is 749 Å². The van der Waals surface area contributed by atoms with Crippen LogP contribution in [0.25, 0.3) is 0 Å². The standard InChI is InChI=1S/C31H61N10O16P3S3.C31H53N10O15P3S3/c1-13-5-24(36-14-6-21(32)38-29(43)27(14)34)53-18(13)10-51-59(47,62)56-16-8-25(37-15-7-22(33)39-30(44)28(15)35)54-19(16)11-52-60(48,63)57-17-9-26(41-4-3-23(42)40-31(41)45)55-20(17)12-50-58(46,61)49-2;1-15-6-23(40-9-16(2)29(42)38-31(40)44)52-19(15)10-50-58(46,61)56-18-8-25(41-14-36-26-27(33)34-13-35-28(26)41)54-21(18)12-51-59(47,62)55-17-7-24(39-5-4-22(32)37-30(39)43)53-20(17)11-49-57(45,60)48-3/h13,16-26,29-31,36-40,42-45H,3-12,32-35H2,1-2H3,(H,46,61)(H,47,62)(H,48,63);4-5,9,14-15,17-25,27,30-31,34-35,37,43-44H,6-8,10-13,32-33H2,1-3H3,(H,38,42)(H,45,60)(H,46,61)(H,47,62)/t13-,16-,17-,18-,19-,20-,21?,22?,23?,24-,25-,26-,29?,30?,31?,58?,59?,60?;15-,17-,18-,19-,20-,21-,22?,23-,24-,25-,27?,30?,31?,57?,58?,59?/m11/s1.